The average Bonchev–Trinajstić information content (AvgIpc) is 3.47. The molecule has 9 heteroatoms. The zero-order valence-electron chi connectivity index (χ0n) is 22.4. The van der Waals surface area contributed by atoms with Gasteiger partial charge >= 0.3 is 0 Å². The number of aliphatic hydroxyl groups excluding tert-OH is 1. The van der Waals surface area contributed by atoms with E-state index in [1.807, 2.05) is 38.1 Å². The number of fused-ring (bicyclic) bond motifs is 1. The molecule has 0 radical (unpaired) electrons. The van der Waals surface area contributed by atoms with Crippen LogP contribution in [0.5, 0.6) is 17.2 Å². The van der Waals surface area contributed by atoms with Crippen molar-refractivity contribution in [3.8, 4) is 17.2 Å². The van der Waals surface area contributed by atoms with Gasteiger partial charge in [-0.2, -0.15) is 0 Å². The molecule has 1 amide bonds. The molecule has 1 atom stereocenters. The van der Waals surface area contributed by atoms with Crippen molar-refractivity contribution >= 4 is 34.3 Å². The molecule has 1 N–H and O–H groups in total. The minimum absolute atomic E-state index is 0.0274. The molecule has 0 saturated heterocycles. The van der Waals surface area contributed by atoms with E-state index in [1.54, 1.807) is 36.4 Å². The lowest BCUT2D eigenvalue weighted by atomic mass is 9.94. The van der Waals surface area contributed by atoms with E-state index in [9.17, 15) is 14.7 Å². The summed E-state index contributed by atoms with van der Waals surface area (Å²) in [7, 11) is 3.00. The van der Waals surface area contributed by atoms with E-state index >= 15 is 0 Å². The van der Waals surface area contributed by atoms with Gasteiger partial charge in [0.05, 0.1) is 31.9 Å². The predicted octanol–water partition coefficient (Wildman–Crippen LogP) is 6.67. The topological polar surface area (TPSA) is 98.4 Å². The first kappa shape index (κ1) is 27.1. The third kappa shape index (κ3) is 5.10. The van der Waals surface area contributed by atoms with Gasteiger partial charge in [0.1, 0.15) is 11.5 Å². The molecular formula is C31H28ClNO7. The molecule has 3 aromatic carbocycles. The smallest absolute Gasteiger partial charge is 0.290 e. The van der Waals surface area contributed by atoms with Crippen LogP contribution in [0.15, 0.2) is 82.5 Å². The second kappa shape index (κ2) is 11.0. The van der Waals surface area contributed by atoms with Crippen molar-refractivity contribution in [3.63, 3.8) is 0 Å². The number of carbonyl (C=O) groups is 2. The van der Waals surface area contributed by atoms with Crippen LogP contribution < -0.4 is 14.2 Å². The molecule has 2 heterocycles. The molecule has 0 fully saturated rings. The Kier molecular flexibility index (Phi) is 7.45. The van der Waals surface area contributed by atoms with E-state index in [0.29, 0.717) is 38.8 Å². The quantitative estimate of drug-likeness (QED) is 0.228. The van der Waals surface area contributed by atoms with Crippen LogP contribution in [0.25, 0.3) is 11.0 Å². The zero-order chi connectivity index (χ0) is 28.6. The summed E-state index contributed by atoms with van der Waals surface area (Å²) in [5.41, 5.74) is 1.59. The molecule has 1 aliphatic rings. The lowest BCUT2D eigenvalue weighted by Crippen LogP contribution is -2.30. The number of furan rings is 1. The summed E-state index contributed by atoms with van der Waals surface area (Å²) in [6, 6.07) is 18.2. The largest absolute Gasteiger partial charge is 0.503 e. The molecule has 4 aromatic rings. The normalized spacial score (nSPS) is 15.3. The van der Waals surface area contributed by atoms with Crippen molar-refractivity contribution in [2.24, 2.45) is 0 Å². The minimum atomic E-state index is -0.913. The van der Waals surface area contributed by atoms with Gasteiger partial charge in [0.25, 0.3) is 5.91 Å². The summed E-state index contributed by atoms with van der Waals surface area (Å²) < 4.78 is 22.5. The molecule has 1 aromatic heterocycles. The summed E-state index contributed by atoms with van der Waals surface area (Å²) in [4.78, 5) is 28.9. The summed E-state index contributed by atoms with van der Waals surface area (Å²) in [6.45, 7) is 3.97. The van der Waals surface area contributed by atoms with Gasteiger partial charge in [-0.1, -0.05) is 35.9 Å². The van der Waals surface area contributed by atoms with E-state index in [2.05, 4.69) is 0 Å². The Morgan fingerprint density at radius 1 is 1.02 bits per heavy atom. The molecule has 0 spiro atoms. The van der Waals surface area contributed by atoms with Crippen LogP contribution in [0.2, 0.25) is 5.02 Å². The molecular weight excluding hydrogens is 534 g/mol. The van der Waals surface area contributed by atoms with Crippen molar-refractivity contribution in [1.82, 2.24) is 4.90 Å². The van der Waals surface area contributed by atoms with Crippen molar-refractivity contribution in [2.45, 2.75) is 32.5 Å². The van der Waals surface area contributed by atoms with Crippen LogP contribution in [0, 0.1) is 0 Å². The first-order chi connectivity index (χ1) is 19.2. The van der Waals surface area contributed by atoms with Crippen LogP contribution in [-0.2, 0) is 11.3 Å². The minimum Gasteiger partial charge on any atom is -0.503 e. The Hall–Kier alpha value is -4.43. The van der Waals surface area contributed by atoms with Gasteiger partial charge in [-0.05, 0) is 61.4 Å². The molecule has 0 aliphatic carbocycles. The van der Waals surface area contributed by atoms with Gasteiger partial charge in [-0.15, -0.1) is 0 Å². The standard InChI is InChI=1S/C31H28ClNO7/c1-17(2)39-23-10-5-7-18(11-23)16-33-27(19-8-6-9-22(13-19)37-3)26(29(35)31(33)36)28(34)24-14-20-12-21(32)15-25(38-4)30(20)40-24/h5-15,17,27,35H,16H2,1-4H3. The fraction of sp³-hybridized carbons (Fsp3) is 0.226. The summed E-state index contributed by atoms with van der Waals surface area (Å²) in [6.07, 6.45) is -0.0274. The maximum atomic E-state index is 14.0. The van der Waals surface area contributed by atoms with Crippen LogP contribution in [0.3, 0.4) is 0 Å². The van der Waals surface area contributed by atoms with Gasteiger partial charge in [-0.3, -0.25) is 9.59 Å². The SMILES string of the molecule is COc1cccc(C2C(C(=O)c3cc4cc(Cl)cc(OC)c4o3)=C(O)C(=O)N2Cc2cccc(OC(C)C)c2)c1. The van der Waals surface area contributed by atoms with E-state index in [0.717, 1.165) is 5.56 Å². The van der Waals surface area contributed by atoms with Crippen LogP contribution in [0.4, 0.5) is 0 Å². The first-order valence-electron chi connectivity index (χ1n) is 12.7. The Balaban J connectivity index is 1.59. The third-order valence-electron chi connectivity index (χ3n) is 6.57. The van der Waals surface area contributed by atoms with Gasteiger partial charge in [-0.25, -0.2) is 0 Å². The third-order valence-corrected chi connectivity index (χ3v) is 6.79. The molecule has 206 valence electrons. The number of hydrogen-bond donors (Lipinski definition) is 1. The van der Waals surface area contributed by atoms with Crippen molar-refractivity contribution in [3.05, 3.63) is 100.0 Å². The van der Waals surface area contributed by atoms with Crippen LogP contribution >= 0.6 is 11.6 Å². The molecule has 1 unspecified atom stereocenters. The highest BCUT2D eigenvalue weighted by Gasteiger charge is 2.44. The molecule has 8 nitrogen and oxygen atoms in total. The predicted molar refractivity (Wildman–Crippen MR) is 150 cm³/mol. The number of benzene rings is 3. The van der Waals surface area contributed by atoms with Gasteiger partial charge in [0.15, 0.2) is 22.9 Å². The number of halogens is 1. The monoisotopic (exact) mass is 561 g/mol. The molecule has 1 aliphatic heterocycles. The Bertz CT molecular complexity index is 1640. The second-order valence-corrected chi connectivity index (χ2v) is 10.1. The van der Waals surface area contributed by atoms with Crippen molar-refractivity contribution < 1.29 is 33.3 Å². The highest BCUT2D eigenvalue weighted by molar-refractivity contribution is 6.31. The number of rotatable bonds is 9. The second-order valence-electron chi connectivity index (χ2n) is 9.65. The lowest BCUT2D eigenvalue weighted by Gasteiger charge is -2.27. The Morgan fingerprint density at radius 3 is 2.50 bits per heavy atom. The summed E-state index contributed by atoms with van der Waals surface area (Å²) in [5.74, 6) is -0.462. The van der Waals surface area contributed by atoms with E-state index < -0.39 is 23.5 Å². The number of hydrogen-bond acceptors (Lipinski definition) is 7. The lowest BCUT2D eigenvalue weighted by molar-refractivity contribution is -0.130. The molecule has 5 rings (SSSR count). The number of methoxy groups -OCH3 is 2. The number of nitrogens with zero attached hydrogens (tertiary/aromatic N) is 1. The van der Waals surface area contributed by atoms with E-state index in [4.69, 9.17) is 30.2 Å². The highest BCUT2D eigenvalue weighted by atomic mass is 35.5. The first-order valence-corrected chi connectivity index (χ1v) is 13.0. The van der Waals surface area contributed by atoms with E-state index in [1.165, 1.54) is 25.2 Å². The summed E-state index contributed by atoms with van der Waals surface area (Å²) >= 11 is 6.20. The Morgan fingerprint density at radius 2 is 1.77 bits per heavy atom. The molecule has 40 heavy (non-hydrogen) atoms. The van der Waals surface area contributed by atoms with Gasteiger partial charge < -0.3 is 28.6 Å². The van der Waals surface area contributed by atoms with Crippen molar-refractivity contribution in [1.29, 1.82) is 0 Å². The number of amides is 1. The fourth-order valence-corrected chi connectivity index (χ4v) is 5.09. The van der Waals surface area contributed by atoms with Crippen LogP contribution in [0.1, 0.15) is 41.6 Å². The van der Waals surface area contributed by atoms with Crippen molar-refractivity contribution in [2.75, 3.05) is 14.2 Å². The maximum Gasteiger partial charge on any atom is 0.290 e. The Labute approximate surface area is 236 Å². The number of Topliss-reactive ketones (excluding diaryl/α,β-unsaturated/α-hetero) is 1. The highest BCUT2D eigenvalue weighted by Crippen LogP contribution is 2.42. The van der Waals surface area contributed by atoms with Crippen LogP contribution in [-0.4, -0.2) is 42.0 Å². The van der Waals surface area contributed by atoms with Gasteiger partial charge in [0, 0.05) is 23.0 Å². The summed E-state index contributed by atoms with van der Waals surface area (Å²) in [5, 5.41) is 12.1. The number of ether oxygens (including phenoxy) is 3. The zero-order valence-corrected chi connectivity index (χ0v) is 23.2. The number of carbonyl (C=O) groups excluding carboxylic acids is 2. The van der Waals surface area contributed by atoms with Gasteiger partial charge in [0.2, 0.25) is 5.78 Å². The van der Waals surface area contributed by atoms with E-state index in [-0.39, 0.29) is 24.0 Å². The molecule has 0 bridgehead atoms. The maximum absolute atomic E-state index is 14.0. The number of ketones is 1. The molecule has 0 saturated carbocycles. The average molecular weight is 562 g/mol. The number of aliphatic hydroxyl groups is 1. The fourth-order valence-electron chi connectivity index (χ4n) is 4.88.